The van der Waals surface area contributed by atoms with Crippen molar-refractivity contribution in [2.45, 2.75) is 26.4 Å². The molecule has 2 aromatic rings. The maximum absolute atomic E-state index is 4.33. The fraction of sp³-hybridized carbons (Fsp3) is 0.400. The smallest absolute Gasteiger partial charge is 0.110 e. The lowest BCUT2D eigenvalue weighted by molar-refractivity contribution is 0.574. The predicted molar refractivity (Wildman–Crippen MR) is 71.9 cm³/mol. The Morgan fingerprint density at radius 2 is 2.31 bits per heavy atom. The van der Waals surface area contributed by atoms with Crippen LogP contribution in [0.2, 0.25) is 0 Å². The van der Waals surface area contributed by atoms with Crippen molar-refractivity contribution >= 4 is 38.6 Å². The van der Waals surface area contributed by atoms with Gasteiger partial charge < -0.3 is 5.32 Å². The molecule has 0 radical (unpaired) electrons. The molecule has 0 saturated carbocycles. The average molecular weight is 318 g/mol. The highest BCUT2D eigenvalue weighted by Gasteiger charge is 2.10. The molecule has 1 unspecified atom stereocenters. The van der Waals surface area contributed by atoms with E-state index < -0.39 is 0 Å². The number of nitrogens with zero attached hydrogens (tertiary/aromatic N) is 2. The number of halogens is 1. The maximum atomic E-state index is 4.33. The first kappa shape index (κ1) is 12.2. The van der Waals surface area contributed by atoms with Crippen LogP contribution in [0.4, 0.5) is 0 Å². The Kier molecular flexibility index (Phi) is 4.07. The molecule has 0 fully saturated rings. The number of rotatable bonds is 4. The summed E-state index contributed by atoms with van der Waals surface area (Å²) in [5, 5.41) is 4.56. The second-order valence-electron chi connectivity index (χ2n) is 3.47. The third-order valence-corrected chi connectivity index (χ3v) is 4.87. The zero-order chi connectivity index (χ0) is 11.5. The van der Waals surface area contributed by atoms with Gasteiger partial charge in [0, 0.05) is 11.4 Å². The first-order valence-electron chi connectivity index (χ1n) is 4.90. The third-order valence-electron chi connectivity index (χ3n) is 2.28. The Morgan fingerprint density at radius 1 is 1.50 bits per heavy atom. The molecule has 0 aliphatic heterocycles. The van der Waals surface area contributed by atoms with E-state index in [2.05, 4.69) is 38.1 Å². The molecule has 0 aliphatic carbocycles. The molecule has 2 rings (SSSR count). The van der Waals surface area contributed by atoms with Gasteiger partial charge in [-0.05, 0) is 29.8 Å². The zero-order valence-corrected chi connectivity index (χ0v) is 12.2. The van der Waals surface area contributed by atoms with Gasteiger partial charge in [0.05, 0.1) is 27.2 Å². The van der Waals surface area contributed by atoms with E-state index in [1.807, 2.05) is 18.6 Å². The van der Waals surface area contributed by atoms with Crippen LogP contribution in [0.5, 0.6) is 0 Å². The Hall–Kier alpha value is -0.300. The predicted octanol–water partition coefficient (Wildman–Crippen LogP) is 3.52. The van der Waals surface area contributed by atoms with Crippen LogP contribution in [0.3, 0.4) is 0 Å². The first-order valence-corrected chi connectivity index (χ1v) is 7.39. The second-order valence-corrected chi connectivity index (χ2v) is 6.85. The minimum Gasteiger partial charge on any atom is -0.303 e. The van der Waals surface area contributed by atoms with Crippen LogP contribution in [0, 0.1) is 6.92 Å². The van der Waals surface area contributed by atoms with Gasteiger partial charge in [-0.15, -0.1) is 22.7 Å². The number of aromatic nitrogens is 2. The van der Waals surface area contributed by atoms with Crippen molar-refractivity contribution in [2.75, 3.05) is 0 Å². The van der Waals surface area contributed by atoms with Crippen LogP contribution in [-0.2, 0) is 6.54 Å². The molecule has 16 heavy (non-hydrogen) atoms. The number of nitrogens with one attached hydrogen (secondary N) is 1. The van der Waals surface area contributed by atoms with Crippen LogP contribution in [0.1, 0.15) is 28.5 Å². The minimum atomic E-state index is 0.276. The summed E-state index contributed by atoms with van der Waals surface area (Å²) >= 11 is 6.78. The summed E-state index contributed by atoms with van der Waals surface area (Å²) in [6, 6.07) is 0.276. The Bertz CT molecular complexity index is 466. The van der Waals surface area contributed by atoms with E-state index in [1.165, 1.54) is 4.88 Å². The molecule has 6 heteroatoms. The first-order chi connectivity index (χ1) is 7.66. The zero-order valence-electron chi connectivity index (χ0n) is 9.03. The van der Waals surface area contributed by atoms with Crippen LogP contribution in [0.25, 0.3) is 0 Å². The second kappa shape index (κ2) is 5.35. The van der Waals surface area contributed by atoms with Gasteiger partial charge in [-0.25, -0.2) is 9.97 Å². The van der Waals surface area contributed by atoms with Gasteiger partial charge in [0.2, 0.25) is 0 Å². The lowest BCUT2D eigenvalue weighted by Gasteiger charge is -2.09. The standard InChI is InChI=1S/C10H12BrN3S2/c1-6-8(15-5-14-6)3-12-7(2)10-13-4-9(11)16-10/h4-5,7,12H,3H2,1-2H3. The summed E-state index contributed by atoms with van der Waals surface area (Å²) in [7, 11) is 0. The normalized spacial score (nSPS) is 12.9. The highest BCUT2D eigenvalue weighted by Crippen LogP contribution is 2.24. The summed E-state index contributed by atoms with van der Waals surface area (Å²) in [5.41, 5.74) is 3.00. The van der Waals surface area contributed by atoms with E-state index in [0.717, 1.165) is 21.0 Å². The molecule has 1 N–H and O–H groups in total. The summed E-state index contributed by atoms with van der Waals surface area (Å²) < 4.78 is 1.07. The molecule has 0 saturated heterocycles. The van der Waals surface area contributed by atoms with Gasteiger partial charge in [-0.3, -0.25) is 0 Å². The Balaban J connectivity index is 1.93. The van der Waals surface area contributed by atoms with Gasteiger partial charge in [-0.1, -0.05) is 0 Å². The summed E-state index contributed by atoms with van der Waals surface area (Å²) in [6.45, 7) is 5.02. The number of aryl methyl sites for hydroxylation is 1. The van der Waals surface area contributed by atoms with E-state index in [-0.39, 0.29) is 6.04 Å². The monoisotopic (exact) mass is 317 g/mol. The van der Waals surface area contributed by atoms with Crippen molar-refractivity contribution in [3.63, 3.8) is 0 Å². The van der Waals surface area contributed by atoms with Crippen LogP contribution >= 0.6 is 38.6 Å². The number of thiazole rings is 2. The van der Waals surface area contributed by atoms with Gasteiger partial charge >= 0.3 is 0 Å². The molecule has 0 spiro atoms. The average Bonchev–Trinajstić information content (AvgIpc) is 2.84. The maximum Gasteiger partial charge on any atom is 0.110 e. The Morgan fingerprint density at radius 3 is 2.88 bits per heavy atom. The van der Waals surface area contributed by atoms with Crippen molar-refractivity contribution in [1.82, 2.24) is 15.3 Å². The molecular weight excluding hydrogens is 306 g/mol. The lowest BCUT2D eigenvalue weighted by atomic mass is 10.3. The number of hydrogen-bond acceptors (Lipinski definition) is 5. The van der Waals surface area contributed by atoms with Gasteiger partial charge in [-0.2, -0.15) is 0 Å². The van der Waals surface area contributed by atoms with Crippen molar-refractivity contribution in [2.24, 2.45) is 0 Å². The molecule has 2 aromatic heterocycles. The van der Waals surface area contributed by atoms with E-state index >= 15 is 0 Å². The van der Waals surface area contributed by atoms with E-state index in [0.29, 0.717) is 0 Å². The van der Waals surface area contributed by atoms with Crippen molar-refractivity contribution in [3.8, 4) is 0 Å². The molecule has 2 heterocycles. The molecule has 0 bridgehead atoms. The fourth-order valence-electron chi connectivity index (χ4n) is 1.30. The molecular formula is C10H12BrN3S2. The van der Waals surface area contributed by atoms with Crippen molar-refractivity contribution < 1.29 is 0 Å². The summed E-state index contributed by atoms with van der Waals surface area (Å²) in [4.78, 5) is 9.86. The fourth-order valence-corrected chi connectivity index (χ4v) is 3.29. The van der Waals surface area contributed by atoms with Gasteiger partial charge in [0.25, 0.3) is 0 Å². The molecule has 3 nitrogen and oxygen atoms in total. The number of hydrogen-bond donors (Lipinski definition) is 1. The van der Waals surface area contributed by atoms with Gasteiger partial charge in [0.1, 0.15) is 5.01 Å². The topological polar surface area (TPSA) is 37.8 Å². The third kappa shape index (κ3) is 2.88. The quantitative estimate of drug-likeness (QED) is 0.937. The molecule has 1 atom stereocenters. The highest BCUT2D eigenvalue weighted by atomic mass is 79.9. The lowest BCUT2D eigenvalue weighted by Crippen LogP contribution is -2.17. The Labute approximate surface area is 111 Å². The van der Waals surface area contributed by atoms with Crippen molar-refractivity contribution in [1.29, 1.82) is 0 Å². The van der Waals surface area contributed by atoms with Crippen molar-refractivity contribution in [3.05, 3.63) is 31.1 Å². The van der Waals surface area contributed by atoms with E-state index in [1.54, 1.807) is 22.7 Å². The van der Waals surface area contributed by atoms with Crippen LogP contribution in [-0.4, -0.2) is 9.97 Å². The molecule has 0 amide bonds. The van der Waals surface area contributed by atoms with E-state index in [4.69, 9.17) is 0 Å². The SMILES string of the molecule is Cc1ncsc1CNC(C)c1ncc(Br)s1. The van der Waals surface area contributed by atoms with E-state index in [9.17, 15) is 0 Å². The minimum absolute atomic E-state index is 0.276. The van der Waals surface area contributed by atoms with Gasteiger partial charge in [0.15, 0.2) is 0 Å². The van der Waals surface area contributed by atoms with Crippen LogP contribution < -0.4 is 5.32 Å². The summed E-state index contributed by atoms with van der Waals surface area (Å²) in [5.74, 6) is 0. The largest absolute Gasteiger partial charge is 0.303 e. The molecule has 86 valence electrons. The molecule has 0 aromatic carbocycles. The molecule has 0 aliphatic rings. The van der Waals surface area contributed by atoms with Crippen LogP contribution in [0.15, 0.2) is 15.5 Å². The highest BCUT2D eigenvalue weighted by molar-refractivity contribution is 9.11. The summed E-state index contributed by atoms with van der Waals surface area (Å²) in [6.07, 6.45) is 1.84.